The molecule has 1 N–H and O–H groups in total. The maximum absolute atomic E-state index is 13.3. The van der Waals surface area contributed by atoms with Gasteiger partial charge in [-0.2, -0.15) is 0 Å². The number of aryl methyl sites for hydroxylation is 1. The lowest BCUT2D eigenvalue weighted by atomic mass is 10.1. The SMILES string of the molecule is CCc1cc(Nc2cc(=O)n(CC(=O)OC)c(=O)n2Cc2ccc(Cl)cc2)ccc1OC(C)C. The molecule has 2 aromatic carbocycles. The first-order chi connectivity index (χ1) is 16.2. The molecule has 9 heteroatoms. The van der Waals surface area contributed by atoms with Crippen LogP contribution in [-0.2, 0) is 29.0 Å². The third-order valence-corrected chi connectivity index (χ3v) is 5.38. The van der Waals surface area contributed by atoms with Crippen molar-refractivity contribution >= 4 is 29.1 Å². The van der Waals surface area contributed by atoms with Gasteiger partial charge >= 0.3 is 11.7 Å². The van der Waals surface area contributed by atoms with Gasteiger partial charge in [0.2, 0.25) is 0 Å². The number of esters is 1. The van der Waals surface area contributed by atoms with Crippen LogP contribution in [0, 0.1) is 0 Å². The number of ether oxygens (including phenoxy) is 2. The molecule has 0 saturated carbocycles. The van der Waals surface area contributed by atoms with Crippen LogP contribution in [0.4, 0.5) is 11.5 Å². The van der Waals surface area contributed by atoms with E-state index in [1.807, 2.05) is 39.0 Å². The van der Waals surface area contributed by atoms with E-state index in [0.29, 0.717) is 16.5 Å². The summed E-state index contributed by atoms with van der Waals surface area (Å²) in [7, 11) is 1.20. The van der Waals surface area contributed by atoms with E-state index in [9.17, 15) is 14.4 Å². The number of carbonyl (C=O) groups is 1. The Balaban J connectivity index is 2.06. The molecule has 0 radical (unpaired) electrons. The second kappa shape index (κ2) is 11.1. The monoisotopic (exact) mass is 485 g/mol. The number of hydrogen-bond donors (Lipinski definition) is 1. The molecule has 0 aliphatic heterocycles. The van der Waals surface area contributed by atoms with Crippen LogP contribution in [0.5, 0.6) is 5.75 Å². The fourth-order valence-electron chi connectivity index (χ4n) is 3.43. The molecule has 34 heavy (non-hydrogen) atoms. The van der Waals surface area contributed by atoms with E-state index in [-0.39, 0.29) is 12.6 Å². The number of nitrogens with one attached hydrogen (secondary N) is 1. The number of halogens is 1. The summed E-state index contributed by atoms with van der Waals surface area (Å²) in [6, 6.07) is 13.9. The van der Waals surface area contributed by atoms with E-state index in [0.717, 1.165) is 27.9 Å². The number of hydrogen-bond acceptors (Lipinski definition) is 6. The number of carbonyl (C=O) groups excluding carboxylic acids is 1. The van der Waals surface area contributed by atoms with Crippen molar-refractivity contribution in [2.24, 2.45) is 0 Å². The number of rotatable bonds is 9. The molecule has 0 atom stereocenters. The molecule has 0 fully saturated rings. The van der Waals surface area contributed by atoms with E-state index in [1.165, 1.54) is 17.7 Å². The molecule has 0 saturated heterocycles. The minimum Gasteiger partial charge on any atom is -0.491 e. The normalized spacial score (nSPS) is 10.9. The van der Waals surface area contributed by atoms with Crippen molar-refractivity contribution in [3.8, 4) is 5.75 Å². The van der Waals surface area contributed by atoms with Crippen molar-refractivity contribution in [2.45, 2.75) is 46.4 Å². The highest BCUT2D eigenvalue weighted by Gasteiger charge is 2.16. The van der Waals surface area contributed by atoms with Crippen LogP contribution in [0.3, 0.4) is 0 Å². The van der Waals surface area contributed by atoms with Crippen molar-refractivity contribution in [1.82, 2.24) is 9.13 Å². The van der Waals surface area contributed by atoms with Crippen LogP contribution < -0.4 is 21.3 Å². The number of nitrogens with zero attached hydrogens (tertiary/aromatic N) is 2. The molecule has 0 spiro atoms. The van der Waals surface area contributed by atoms with Gasteiger partial charge in [-0.3, -0.25) is 14.2 Å². The van der Waals surface area contributed by atoms with E-state index in [2.05, 4.69) is 10.1 Å². The minimum absolute atomic E-state index is 0.0380. The Labute approximate surface area is 202 Å². The fraction of sp³-hybridized carbons (Fsp3) is 0.320. The second-order valence-electron chi connectivity index (χ2n) is 7.99. The maximum Gasteiger partial charge on any atom is 0.333 e. The van der Waals surface area contributed by atoms with Crippen LogP contribution in [0.1, 0.15) is 31.9 Å². The van der Waals surface area contributed by atoms with E-state index in [4.69, 9.17) is 16.3 Å². The summed E-state index contributed by atoms with van der Waals surface area (Å²) in [5.41, 5.74) is 1.24. The second-order valence-corrected chi connectivity index (χ2v) is 8.43. The lowest BCUT2D eigenvalue weighted by Gasteiger charge is -2.18. The number of methoxy groups -OCH3 is 1. The van der Waals surface area contributed by atoms with Crippen LogP contribution in [0.15, 0.2) is 58.1 Å². The Hall–Kier alpha value is -3.52. The van der Waals surface area contributed by atoms with Crippen LogP contribution in [-0.4, -0.2) is 28.3 Å². The molecule has 1 heterocycles. The highest BCUT2D eigenvalue weighted by molar-refractivity contribution is 6.30. The van der Waals surface area contributed by atoms with Crippen LogP contribution in [0.2, 0.25) is 5.02 Å². The molecule has 0 bridgehead atoms. The largest absolute Gasteiger partial charge is 0.491 e. The van der Waals surface area contributed by atoms with Crippen molar-refractivity contribution in [3.05, 3.63) is 85.5 Å². The first-order valence-corrected chi connectivity index (χ1v) is 11.3. The average Bonchev–Trinajstić information content (AvgIpc) is 2.80. The summed E-state index contributed by atoms with van der Waals surface area (Å²) in [6.45, 7) is 5.64. The zero-order valence-corrected chi connectivity index (χ0v) is 20.4. The summed E-state index contributed by atoms with van der Waals surface area (Å²) < 4.78 is 12.8. The Morgan fingerprint density at radius 1 is 1.06 bits per heavy atom. The van der Waals surface area contributed by atoms with Gasteiger partial charge < -0.3 is 14.8 Å². The van der Waals surface area contributed by atoms with E-state index in [1.54, 1.807) is 24.3 Å². The lowest BCUT2D eigenvalue weighted by Crippen LogP contribution is -2.42. The van der Waals surface area contributed by atoms with Gasteiger partial charge in [-0.25, -0.2) is 9.36 Å². The van der Waals surface area contributed by atoms with Gasteiger partial charge in [0, 0.05) is 16.8 Å². The molecule has 0 aliphatic carbocycles. The van der Waals surface area contributed by atoms with Gasteiger partial charge in [0.25, 0.3) is 5.56 Å². The molecule has 0 aliphatic rings. The topological polar surface area (TPSA) is 91.6 Å². The standard InChI is InChI=1S/C25H28ClN3O5/c1-5-18-12-20(10-11-21(18)34-16(2)3)27-22-13-23(30)29(15-24(31)33-4)25(32)28(22)14-17-6-8-19(26)9-7-17/h6-13,16,27H,5,14-15H2,1-4H3. The third-order valence-electron chi connectivity index (χ3n) is 5.12. The summed E-state index contributed by atoms with van der Waals surface area (Å²) in [6.07, 6.45) is 0.784. The van der Waals surface area contributed by atoms with Gasteiger partial charge in [-0.1, -0.05) is 30.7 Å². The predicted octanol–water partition coefficient (Wildman–Crippen LogP) is 3.98. The lowest BCUT2D eigenvalue weighted by molar-refractivity contribution is -0.141. The molecular formula is C25H28ClN3O5. The molecular weight excluding hydrogens is 458 g/mol. The number of aromatic nitrogens is 2. The molecule has 3 rings (SSSR count). The molecule has 3 aromatic rings. The predicted molar refractivity (Wildman–Crippen MR) is 132 cm³/mol. The van der Waals surface area contributed by atoms with E-state index < -0.39 is 23.8 Å². The summed E-state index contributed by atoms with van der Waals surface area (Å²) in [5, 5.41) is 3.76. The number of benzene rings is 2. The van der Waals surface area contributed by atoms with Gasteiger partial charge in [-0.05, 0) is 61.7 Å². The third kappa shape index (κ3) is 6.08. The zero-order chi connectivity index (χ0) is 24.8. The first kappa shape index (κ1) is 25.1. The smallest absolute Gasteiger partial charge is 0.333 e. The molecule has 8 nitrogen and oxygen atoms in total. The van der Waals surface area contributed by atoms with Crippen LogP contribution >= 0.6 is 11.6 Å². The van der Waals surface area contributed by atoms with Crippen molar-refractivity contribution in [1.29, 1.82) is 0 Å². The van der Waals surface area contributed by atoms with Gasteiger partial charge in [-0.15, -0.1) is 0 Å². The quantitative estimate of drug-likeness (QED) is 0.461. The number of anilines is 2. The Morgan fingerprint density at radius 3 is 2.38 bits per heavy atom. The van der Waals surface area contributed by atoms with Gasteiger partial charge in [0.15, 0.2) is 0 Å². The Kier molecular flexibility index (Phi) is 8.17. The van der Waals surface area contributed by atoms with E-state index >= 15 is 0 Å². The molecule has 180 valence electrons. The fourth-order valence-corrected chi connectivity index (χ4v) is 3.56. The van der Waals surface area contributed by atoms with Gasteiger partial charge in [0.1, 0.15) is 18.1 Å². The zero-order valence-electron chi connectivity index (χ0n) is 19.6. The molecule has 1 aromatic heterocycles. The van der Waals surface area contributed by atoms with Gasteiger partial charge in [0.05, 0.1) is 19.8 Å². The van der Waals surface area contributed by atoms with Crippen molar-refractivity contribution in [2.75, 3.05) is 12.4 Å². The summed E-state index contributed by atoms with van der Waals surface area (Å²) in [4.78, 5) is 37.7. The highest BCUT2D eigenvalue weighted by atomic mass is 35.5. The highest BCUT2D eigenvalue weighted by Crippen LogP contribution is 2.26. The Morgan fingerprint density at radius 2 is 1.76 bits per heavy atom. The molecule has 0 unspecified atom stereocenters. The van der Waals surface area contributed by atoms with Crippen LogP contribution in [0.25, 0.3) is 0 Å². The minimum atomic E-state index is -0.689. The maximum atomic E-state index is 13.3. The molecule has 0 amide bonds. The summed E-state index contributed by atoms with van der Waals surface area (Å²) in [5.74, 6) is 0.395. The summed E-state index contributed by atoms with van der Waals surface area (Å²) >= 11 is 5.99. The van der Waals surface area contributed by atoms with Crippen molar-refractivity contribution < 1.29 is 14.3 Å². The Bertz CT molecular complexity index is 1280. The first-order valence-electron chi connectivity index (χ1n) is 10.9. The van der Waals surface area contributed by atoms with Crippen molar-refractivity contribution in [3.63, 3.8) is 0 Å². The average molecular weight is 486 g/mol.